The van der Waals surface area contributed by atoms with Crippen LogP contribution in [0, 0.1) is 6.92 Å². The lowest BCUT2D eigenvalue weighted by atomic mass is 10.0. The van der Waals surface area contributed by atoms with E-state index in [0.29, 0.717) is 12.4 Å². The number of aryl methyl sites for hydroxylation is 1. The first-order valence-electron chi connectivity index (χ1n) is 15.1. The van der Waals surface area contributed by atoms with Gasteiger partial charge in [-0.15, -0.1) is 0 Å². The molecule has 45 heavy (non-hydrogen) atoms. The van der Waals surface area contributed by atoms with Crippen LogP contribution in [0.2, 0.25) is 0 Å². The number of hydrogen-bond donors (Lipinski definition) is 1. The number of sulfonamides is 1. The highest BCUT2D eigenvalue weighted by Crippen LogP contribution is 2.33. The summed E-state index contributed by atoms with van der Waals surface area (Å²) in [6.45, 7) is 7.27. The second kappa shape index (κ2) is 15.4. The fraction of sp³-hybridized carbons (Fsp3) is 0.278. The number of anilines is 1. The lowest BCUT2D eigenvalue weighted by Gasteiger charge is -2.34. The van der Waals surface area contributed by atoms with Gasteiger partial charge in [0.15, 0.2) is 0 Å². The van der Waals surface area contributed by atoms with Gasteiger partial charge >= 0.3 is 0 Å². The summed E-state index contributed by atoms with van der Waals surface area (Å²) < 4.78 is 35.5. The lowest BCUT2D eigenvalue weighted by Crippen LogP contribution is -2.54. The molecule has 0 radical (unpaired) electrons. The number of benzene rings is 4. The monoisotopic (exact) mass is 627 g/mol. The second-order valence-electron chi connectivity index (χ2n) is 11.1. The molecule has 1 atom stereocenters. The summed E-state index contributed by atoms with van der Waals surface area (Å²) in [6, 6.07) is 31.0. The molecule has 0 spiro atoms. The van der Waals surface area contributed by atoms with Gasteiger partial charge in [0.1, 0.15) is 18.3 Å². The SMILES string of the molecule is CCOc1ccccc1N(CC(=O)N(Cc1ccccc1)C(Cc1ccccc1)C(=O)NC(C)C)S(=O)(=O)c1ccc(C)cc1. The molecule has 9 heteroatoms. The van der Waals surface area contributed by atoms with E-state index in [1.54, 1.807) is 36.4 Å². The highest BCUT2D eigenvalue weighted by atomic mass is 32.2. The van der Waals surface area contributed by atoms with Gasteiger partial charge in [0, 0.05) is 19.0 Å². The summed E-state index contributed by atoms with van der Waals surface area (Å²) in [4.78, 5) is 29.9. The molecule has 1 N–H and O–H groups in total. The highest BCUT2D eigenvalue weighted by molar-refractivity contribution is 7.92. The third-order valence-electron chi connectivity index (χ3n) is 7.22. The Bertz CT molecular complexity index is 1660. The predicted octanol–water partition coefficient (Wildman–Crippen LogP) is 5.75. The first-order chi connectivity index (χ1) is 21.6. The van der Waals surface area contributed by atoms with Crippen molar-refractivity contribution in [2.45, 2.75) is 57.6 Å². The minimum absolute atomic E-state index is 0.0418. The molecule has 0 aromatic heterocycles. The zero-order chi connectivity index (χ0) is 32.4. The standard InChI is InChI=1S/C36H41N3O5S/c1-5-44-34-19-13-12-18-32(34)39(45(42,43)31-22-20-28(4)21-23-31)26-35(40)38(25-30-16-10-7-11-17-30)33(36(41)37-27(2)3)24-29-14-8-6-9-15-29/h6-23,27,33H,5,24-26H2,1-4H3,(H,37,41). The Morgan fingerprint density at radius 2 is 1.38 bits per heavy atom. The first kappa shape index (κ1) is 33.3. The summed E-state index contributed by atoms with van der Waals surface area (Å²) in [7, 11) is -4.23. The molecule has 236 valence electrons. The molecule has 0 aliphatic rings. The Morgan fingerprint density at radius 3 is 1.98 bits per heavy atom. The Balaban J connectivity index is 1.83. The molecular formula is C36H41N3O5S. The zero-order valence-electron chi connectivity index (χ0n) is 26.2. The van der Waals surface area contributed by atoms with Crippen molar-refractivity contribution in [1.29, 1.82) is 0 Å². The Morgan fingerprint density at radius 1 is 0.800 bits per heavy atom. The third-order valence-corrected chi connectivity index (χ3v) is 8.99. The Labute approximate surface area is 266 Å². The molecule has 0 aliphatic heterocycles. The molecule has 0 aliphatic carbocycles. The average Bonchev–Trinajstić information content (AvgIpc) is 3.03. The van der Waals surface area contributed by atoms with Gasteiger partial charge < -0.3 is 15.0 Å². The maximum Gasteiger partial charge on any atom is 0.264 e. The Hall–Kier alpha value is -4.63. The van der Waals surface area contributed by atoms with Gasteiger partial charge in [0.05, 0.1) is 17.2 Å². The van der Waals surface area contributed by atoms with Crippen LogP contribution in [0.3, 0.4) is 0 Å². The van der Waals surface area contributed by atoms with Crippen molar-refractivity contribution in [3.05, 3.63) is 126 Å². The average molecular weight is 628 g/mol. The summed E-state index contributed by atoms with van der Waals surface area (Å²) in [5, 5.41) is 2.97. The minimum Gasteiger partial charge on any atom is -0.492 e. The van der Waals surface area contributed by atoms with Crippen molar-refractivity contribution >= 4 is 27.5 Å². The summed E-state index contributed by atoms with van der Waals surface area (Å²) in [6.07, 6.45) is 0.248. The molecule has 4 aromatic carbocycles. The van der Waals surface area contributed by atoms with Crippen molar-refractivity contribution in [2.24, 2.45) is 0 Å². The molecule has 0 saturated carbocycles. The van der Waals surface area contributed by atoms with Crippen LogP contribution in [-0.2, 0) is 32.6 Å². The number of ether oxygens (including phenoxy) is 1. The van der Waals surface area contributed by atoms with Crippen LogP contribution in [0.5, 0.6) is 5.75 Å². The van der Waals surface area contributed by atoms with E-state index >= 15 is 0 Å². The van der Waals surface area contributed by atoms with Crippen molar-refractivity contribution in [3.8, 4) is 5.75 Å². The van der Waals surface area contributed by atoms with Gasteiger partial charge in [-0.1, -0.05) is 90.5 Å². The fourth-order valence-corrected chi connectivity index (χ4v) is 6.43. The molecule has 0 heterocycles. The van der Waals surface area contributed by atoms with E-state index < -0.39 is 28.5 Å². The molecule has 0 fully saturated rings. The number of hydrogen-bond acceptors (Lipinski definition) is 5. The maximum absolute atomic E-state index is 14.6. The van der Waals surface area contributed by atoms with E-state index in [-0.39, 0.29) is 35.5 Å². The van der Waals surface area contributed by atoms with E-state index in [4.69, 9.17) is 4.74 Å². The number of rotatable bonds is 14. The van der Waals surface area contributed by atoms with Crippen LogP contribution < -0.4 is 14.4 Å². The third kappa shape index (κ3) is 8.73. The zero-order valence-corrected chi connectivity index (χ0v) is 27.0. The van der Waals surface area contributed by atoms with Crippen LogP contribution in [0.15, 0.2) is 114 Å². The van der Waals surface area contributed by atoms with E-state index in [1.807, 2.05) is 88.4 Å². The quantitative estimate of drug-likeness (QED) is 0.192. The van der Waals surface area contributed by atoms with Crippen LogP contribution >= 0.6 is 0 Å². The first-order valence-corrected chi connectivity index (χ1v) is 16.5. The summed E-state index contributed by atoms with van der Waals surface area (Å²) in [5.41, 5.74) is 2.82. The fourth-order valence-electron chi connectivity index (χ4n) is 5.01. The van der Waals surface area contributed by atoms with Crippen LogP contribution in [0.25, 0.3) is 0 Å². The van der Waals surface area contributed by atoms with Gasteiger partial charge in [-0.2, -0.15) is 0 Å². The topological polar surface area (TPSA) is 96.0 Å². The molecule has 8 nitrogen and oxygen atoms in total. The molecule has 4 rings (SSSR count). The van der Waals surface area contributed by atoms with Gasteiger partial charge in [0.2, 0.25) is 11.8 Å². The molecule has 2 amide bonds. The number of amides is 2. The Kier molecular flexibility index (Phi) is 11.4. The highest BCUT2D eigenvalue weighted by Gasteiger charge is 2.35. The van der Waals surface area contributed by atoms with E-state index in [9.17, 15) is 18.0 Å². The maximum atomic E-state index is 14.6. The molecule has 0 bridgehead atoms. The van der Waals surface area contributed by atoms with E-state index in [1.165, 1.54) is 17.0 Å². The van der Waals surface area contributed by atoms with E-state index in [0.717, 1.165) is 21.0 Å². The summed E-state index contributed by atoms with van der Waals surface area (Å²) >= 11 is 0. The molecule has 4 aromatic rings. The summed E-state index contributed by atoms with van der Waals surface area (Å²) in [5.74, 6) is -0.516. The number of nitrogens with one attached hydrogen (secondary N) is 1. The van der Waals surface area contributed by atoms with Crippen LogP contribution in [0.4, 0.5) is 5.69 Å². The minimum atomic E-state index is -4.23. The van der Waals surface area contributed by atoms with E-state index in [2.05, 4.69) is 5.32 Å². The number of carbonyl (C=O) groups excluding carboxylic acids is 2. The number of para-hydroxylation sites is 2. The molecular weight excluding hydrogens is 586 g/mol. The predicted molar refractivity (Wildman–Crippen MR) is 178 cm³/mol. The largest absolute Gasteiger partial charge is 0.492 e. The van der Waals surface area contributed by atoms with Gasteiger partial charge in [-0.05, 0) is 63.1 Å². The lowest BCUT2D eigenvalue weighted by molar-refractivity contribution is -0.140. The second-order valence-corrected chi connectivity index (χ2v) is 13.0. The van der Waals surface area contributed by atoms with Gasteiger partial charge in [-0.25, -0.2) is 8.42 Å². The molecule has 0 saturated heterocycles. The molecule has 1 unspecified atom stereocenters. The van der Waals surface area contributed by atoms with Crippen molar-refractivity contribution in [3.63, 3.8) is 0 Å². The number of nitrogens with zero attached hydrogens (tertiary/aromatic N) is 2. The van der Waals surface area contributed by atoms with Crippen molar-refractivity contribution in [1.82, 2.24) is 10.2 Å². The van der Waals surface area contributed by atoms with Crippen LogP contribution in [0.1, 0.15) is 37.5 Å². The van der Waals surface area contributed by atoms with Gasteiger partial charge in [-0.3, -0.25) is 13.9 Å². The van der Waals surface area contributed by atoms with Gasteiger partial charge in [0.25, 0.3) is 10.0 Å². The van der Waals surface area contributed by atoms with Crippen molar-refractivity contribution < 1.29 is 22.7 Å². The van der Waals surface area contributed by atoms with Crippen LogP contribution in [-0.4, -0.2) is 50.4 Å². The normalized spacial score (nSPS) is 11.9. The van der Waals surface area contributed by atoms with Crippen molar-refractivity contribution in [2.75, 3.05) is 17.5 Å². The smallest absolute Gasteiger partial charge is 0.264 e. The number of carbonyl (C=O) groups is 2.